The molecule has 5 aromatic carbocycles. The van der Waals surface area contributed by atoms with Crippen molar-refractivity contribution in [1.29, 1.82) is 0 Å². The first-order valence-electron chi connectivity index (χ1n) is 14.4. The molecule has 1 heterocycles. The van der Waals surface area contributed by atoms with Gasteiger partial charge in [-0.15, -0.1) is 0 Å². The van der Waals surface area contributed by atoms with Gasteiger partial charge in [-0.25, -0.2) is 0 Å². The fourth-order valence-electron chi connectivity index (χ4n) is 5.46. The third-order valence-electron chi connectivity index (χ3n) is 7.48. The third kappa shape index (κ3) is 6.89. The number of hydrogen-bond donors (Lipinski definition) is 1. The van der Waals surface area contributed by atoms with Gasteiger partial charge in [-0.2, -0.15) is 0 Å². The molecule has 5 aromatic rings. The summed E-state index contributed by atoms with van der Waals surface area (Å²) in [4.78, 5) is 4.07. The van der Waals surface area contributed by atoms with E-state index in [9.17, 15) is 5.11 Å². The number of phenolic OH excluding ortho intramolecular Hbond substituents is 1. The topological polar surface area (TPSA) is 26.7 Å². The molecule has 0 atom stereocenters. The molecule has 0 unspecified atom stereocenters. The number of hydrogen-bond acceptors (Lipinski definition) is 3. The summed E-state index contributed by atoms with van der Waals surface area (Å²) in [6.07, 6.45) is 18.1. The predicted octanol–water partition coefficient (Wildman–Crippen LogP) is 9.53. The molecule has 42 heavy (non-hydrogen) atoms. The Hall–Kier alpha value is -3.59. The van der Waals surface area contributed by atoms with Crippen LogP contribution in [0, 0.1) is 32.4 Å². The van der Waals surface area contributed by atoms with Crippen LogP contribution in [0.3, 0.4) is 0 Å². The molecule has 0 amide bonds. The normalized spacial score (nSPS) is 15.0. The van der Waals surface area contributed by atoms with Crippen molar-refractivity contribution >= 4 is 27.2 Å². The summed E-state index contributed by atoms with van der Waals surface area (Å²) in [5, 5.41) is 15.4. The summed E-state index contributed by atoms with van der Waals surface area (Å²) < 4.78 is 0. The standard InChI is InChI=1S/C30H22N2O.C8H12.Ir/c33-28-17-15-24-11-5-7-13-26(24)30(28)29-25-12-6-4-10-23(25)14-16-27(29)32-19-18-31(21-32)20-22-8-2-1-3-9-22;1-2-4-6-8-7-5-3-1;/h1-19,33H,20H2;1-2,7-8H,3-6H2;. The molecule has 4 heteroatoms. The van der Waals surface area contributed by atoms with Gasteiger partial charge in [0.2, 0.25) is 6.67 Å². The monoisotopic (exact) mass is 727 g/mol. The molecule has 1 fully saturated rings. The Labute approximate surface area is 263 Å². The van der Waals surface area contributed by atoms with Crippen LogP contribution in [0.1, 0.15) is 31.2 Å². The average Bonchev–Trinajstić information content (AvgIpc) is 3.45. The summed E-state index contributed by atoms with van der Waals surface area (Å²) in [7, 11) is 0. The molecule has 1 saturated carbocycles. The van der Waals surface area contributed by atoms with Gasteiger partial charge in [0.1, 0.15) is 5.75 Å². The van der Waals surface area contributed by atoms with Crippen molar-refractivity contribution in [2.45, 2.75) is 32.2 Å². The first-order valence-corrected chi connectivity index (χ1v) is 14.4. The van der Waals surface area contributed by atoms with E-state index >= 15 is 0 Å². The molecular formula is C38H34IrN2O. The Bertz CT molecular complexity index is 1610. The molecule has 7 radical (unpaired) electrons. The first-order chi connectivity index (χ1) is 20.3. The van der Waals surface area contributed by atoms with Crippen molar-refractivity contribution in [1.82, 2.24) is 4.90 Å². The summed E-state index contributed by atoms with van der Waals surface area (Å²) in [5.41, 5.74) is 4.05. The van der Waals surface area contributed by atoms with Crippen molar-refractivity contribution in [2.24, 2.45) is 0 Å². The number of rotatable bonds is 4. The molecule has 7 rings (SSSR count). The number of anilines is 1. The van der Waals surface area contributed by atoms with E-state index in [1.165, 1.54) is 31.2 Å². The van der Waals surface area contributed by atoms with Crippen molar-refractivity contribution in [2.75, 3.05) is 4.90 Å². The minimum Gasteiger partial charge on any atom is -0.507 e. The molecule has 0 saturated heterocycles. The molecule has 2 aliphatic rings. The molecule has 1 aliphatic carbocycles. The SMILES string of the molecule is Oc1ccc2ccccc2c1-c1c(N2[C]N(Cc3ccccc3)C=C2)ccc2ccccc12.[CH]1[CH]CC[CH][CH]CC1.[Ir]. The molecule has 0 bridgehead atoms. The summed E-state index contributed by atoms with van der Waals surface area (Å²) in [5.74, 6) is 0.274. The van der Waals surface area contributed by atoms with Crippen LogP contribution in [0.5, 0.6) is 5.75 Å². The smallest absolute Gasteiger partial charge is 0.213 e. The average molecular weight is 727 g/mol. The Kier molecular flexibility index (Phi) is 10.3. The number of phenols is 1. The van der Waals surface area contributed by atoms with E-state index in [4.69, 9.17) is 0 Å². The molecule has 211 valence electrons. The maximum absolute atomic E-state index is 11.1. The molecule has 1 aliphatic heterocycles. The minimum atomic E-state index is 0. The van der Waals surface area contributed by atoms with Crippen LogP contribution in [0.4, 0.5) is 5.69 Å². The molecular weight excluding hydrogens is 693 g/mol. The molecule has 0 aromatic heterocycles. The van der Waals surface area contributed by atoms with Crippen LogP contribution in [0.15, 0.2) is 116 Å². The Morgan fingerprint density at radius 3 is 1.76 bits per heavy atom. The van der Waals surface area contributed by atoms with Crippen LogP contribution in [-0.4, -0.2) is 10.0 Å². The molecule has 0 spiro atoms. The maximum atomic E-state index is 11.1. The van der Waals surface area contributed by atoms with Crippen molar-refractivity contribution in [3.05, 3.63) is 153 Å². The summed E-state index contributed by atoms with van der Waals surface area (Å²) in [6, 6.07) is 34.9. The Morgan fingerprint density at radius 1 is 0.571 bits per heavy atom. The van der Waals surface area contributed by atoms with Gasteiger partial charge in [0.15, 0.2) is 0 Å². The summed E-state index contributed by atoms with van der Waals surface area (Å²) in [6.45, 7) is 4.22. The van der Waals surface area contributed by atoms with Crippen LogP contribution in [0.2, 0.25) is 0 Å². The predicted molar refractivity (Wildman–Crippen MR) is 171 cm³/mol. The van der Waals surface area contributed by atoms with Crippen molar-refractivity contribution < 1.29 is 25.2 Å². The molecule has 3 nitrogen and oxygen atoms in total. The van der Waals surface area contributed by atoms with E-state index < -0.39 is 0 Å². The van der Waals surface area contributed by atoms with Gasteiger partial charge in [0.05, 0.1) is 5.69 Å². The zero-order valence-electron chi connectivity index (χ0n) is 23.5. The number of fused-ring (bicyclic) bond motifs is 2. The quantitative estimate of drug-likeness (QED) is 0.200. The van der Waals surface area contributed by atoms with E-state index in [1.54, 1.807) is 6.07 Å². The maximum Gasteiger partial charge on any atom is 0.213 e. The zero-order valence-corrected chi connectivity index (χ0v) is 25.9. The van der Waals surface area contributed by atoms with Gasteiger partial charge in [0.25, 0.3) is 0 Å². The second-order valence-corrected chi connectivity index (χ2v) is 10.3. The van der Waals surface area contributed by atoms with Crippen LogP contribution >= 0.6 is 0 Å². The fourth-order valence-corrected chi connectivity index (χ4v) is 5.46. The van der Waals surface area contributed by atoms with E-state index in [1.807, 2.05) is 53.7 Å². The largest absolute Gasteiger partial charge is 0.507 e. The van der Waals surface area contributed by atoms with Gasteiger partial charge in [-0.1, -0.05) is 91.0 Å². The fraction of sp³-hybridized carbons (Fsp3) is 0.132. The van der Waals surface area contributed by atoms with E-state index in [-0.39, 0.29) is 25.9 Å². The van der Waals surface area contributed by atoms with Crippen LogP contribution in [-0.2, 0) is 26.7 Å². The van der Waals surface area contributed by atoms with Crippen LogP contribution < -0.4 is 4.90 Å². The van der Waals surface area contributed by atoms with E-state index in [2.05, 4.69) is 97.9 Å². The minimum absolute atomic E-state index is 0. The Balaban J connectivity index is 0.000000342. The van der Waals surface area contributed by atoms with E-state index in [0.29, 0.717) is 0 Å². The van der Waals surface area contributed by atoms with Gasteiger partial charge in [0, 0.05) is 50.2 Å². The third-order valence-corrected chi connectivity index (χ3v) is 7.48. The number of aromatic hydroxyl groups is 1. The molecule has 1 N–H and O–H groups in total. The van der Waals surface area contributed by atoms with Gasteiger partial charge < -0.3 is 14.9 Å². The van der Waals surface area contributed by atoms with Crippen LogP contribution in [0.25, 0.3) is 32.7 Å². The Morgan fingerprint density at radius 2 is 1.12 bits per heavy atom. The van der Waals surface area contributed by atoms with Crippen molar-refractivity contribution in [3.63, 3.8) is 0 Å². The number of nitrogens with zero attached hydrogens (tertiary/aromatic N) is 2. The zero-order chi connectivity index (χ0) is 27.9. The van der Waals surface area contributed by atoms with Gasteiger partial charge >= 0.3 is 0 Å². The second kappa shape index (κ2) is 14.5. The van der Waals surface area contributed by atoms with Gasteiger partial charge in [-0.3, -0.25) is 0 Å². The first kappa shape index (κ1) is 29.9. The van der Waals surface area contributed by atoms with Gasteiger partial charge in [-0.05, 0) is 90.6 Å². The summed E-state index contributed by atoms with van der Waals surface area (Å²) >= 11 is 0. The van der Waals surface area contributed by atoms with Crippen molar-refractivity contribution in [3.8, 4) is 16.9 Å². The van der Waals surface area contributed by atoms with E-state index in [0.717, 1.165) is 44.9 Å². The second-order valence-electron chi connectivity index (χ2n) is 10.3. The number of benzene rings is 5.